The second-order valence-corrected chi connectivity index (χ2v) is 16.1. The molecular weight excluding hydrogens is 807 g/mol. The number of tetrazole rings is 2. The molecule has 2 aliphatic heterocycles. The zero-order valence-electron chi connectivity index (χ0n) is 32.1. The molecule has 1 unspecified atom stereocenters. The number of pyridine rings is 2. The zero-order valence-corrected chi connectivity index (χ0v) is 33.7. The molecule has 19 nitrogen and oxygen atoms in total. The van der Waals surface area contributed by atoms with E-state index in [9.17, 15) is 29.7 Å². The lowest BCUT2D eigenvalue weighted by Gasteiger charge is -2.32. The van der Waals surface area contributed by atoms with E-state index in [0.717, 1.165) is 13.1 Å². The number of thioether (sulfide) groups is 2. The van der Waals surface area contributed by atoms with Gasteiger partial charge in [0.1, 0.15) is 12.1 Å². The first-order valence-electron chi connectivity index (χ1n) is 18.8. The number of piperazine rings is 1. The van der Waals surface area contributed by atoms with Crippen LogP contribution in [-0.4, -0.2) is 119 Å². The van der Waals surface area contributed by atoms with Crippen molar-refractivity contribution in [3.63, 3.8) is 0 Å². The first-order chi connectivity index (χ1) is 29.2. The molecule has 0 spiro atoms. The molecular formula is C39H36N15O4S2+. The summed E-state index contributed by atoms with van der Waals surface area (Å²) in [5.74, 6) is 1.03. The summed E-state index contributed by atoms with van der Waals surface area (Å²) in [5.41, 5.74) is 2.58. The molecule has 2 saturated heterocycles. The smallest absolute Gasteiger partial charge is 0.318 e. The summed E-state index contributed by atoms with van der Waals surface area (Å²) in [6.07, 6.45) is 0.607. The van der Waals surface area contributed by atoms with Crippen LogP contribution in [0.4, 0.5) is 0 Å². The van der Waals surface area contributed by atoms with Crippen molar-refractivity contribution < 1.29 is 14.4 Å². The maximum Gasteiger partial charge on any atom is 0.318 e. The van der Waals surface area contributed by atoms with Gasteiger partial charge in [-0.15, -0.1) is 10.2 Å². The van der Waals surface area contributed by atoms with Gasteiger partial charge in [0.05, 0.1) is 44.3 Å². The Hall–Kier alpha value is -6.94. The number of carbonyl (C=O) groups excluding carboxylic acids is 2. The number of carbonyl (C=O) groups is 2. The van der Waals surface area contributed by atoms with Crippen molar-refractivity contribution in [2.75, 3.05) is 46.3 Å². The van der Waals surface area contributed by atoms with Crippen LogP contribution in [0.1, 0.15) is 56.0 Å². The van der Waals surface area contributed by atoms with Crippen molar-refractivity contribution in [1.29, 1.82) is 10.5 Å². The molecule has 0 aliphatic carbocycles. The number of nitrogens with zero attached hydrogens (tertiary/aromatic N) is 11. The lowest BCUT2D eigenvalue weighted by Crippen LogP contribution is -2.47. The van der Waals surface area contributed by atoms with E-state index in [-0.39, 0.29) is 40.5 Å². The summed E-state index contributed by atoms with van der Waals surface area (Å²) in [4.78, 5) is 65.4. The minimum atomic E-state index is -0.399. The van der Waals surface area contributed by atoms with Crippen LogP contribution in [0.2, 0.25) is 0 Å². The SMILES string of the molecule is CN1CCN(C(=O)c2cccc(-c3cc(=O)[nH]c(SCc4n[nH][n+](C5CCN(C(=O)c6cccc(-c7cc(=O)[nH]c(SCc8nn[nH]n8)c7C#N)c6)C5)n4)c3C#N)c2)CC1. The average Bonchev–Trinajstić information content (AvgIpc) is 4.08. The van der Waals surface area contributed by atoms with Gasteiger partial charge >= 0.3 is 5.82 Å². The number of hydrogen-bond acceptors (Lipinski definition) is 14. The Bertz CT molecular complexity index is 2780. The van der Waals surface area contributed by atoms with E-state index in [0.29, 0.717) is 87.7 Å². The zero-order chi connectivity index (χ0) is 41.8. The molecule has 2 aromatic carbocycles. The van der Waals surface area contributed by atoms with Crippen LogP contribution in [0, 0.1) is 22.7 Å². The highest BCUT2D eigenvalue weighted by molar-refractivity contribution is 7.98. The Morgan fingerprint density at radius 1 is 0.783 bits per heavy atom. The van der Waals surface area contributed by atoms with Crippen molar-refractivity contribution in [3.05, 3.63) is 115 Å². The molecule has 1 atom stereocenters. The summed E-state index contributed by atoms with van der Waals surface area (Å²) < 4.78 is 0. The van der Waals surface area contributed by atoms with Crippen molar-refractivity contribution >= 4 is 35.3 Å². The van der Waals surface area contributed by atoms with E-state index in [2.05, 4.69) is 63.0 Å². The molecule has 60 heavy (non-hydrogen) atoms. The first kappa shape index (κ1) is 39.9. The van der Waals surface area contributed by atoms with Gasteiger partial charge in [-0.05, 0) is 52.8 Å². The molecule has 8 rings (SSSR count). The summed E-state index contributed by atoms with van der Waals surface area (Å²) in [6, 6.07) is 20.8. The van der Waals surface area contributed by atoms with E-state index in [1.165, 1.54) is 35.7 Å². The molecule has 4 aromatic heterocycles. The lowest BCUT2D eigenvalue weighted by molar-refractivity contribution is -0.824. The molecule has 2 aliphatic rings. The normalized spacial score (nSPS) is 15.5. The van der Waals surface area contributed by atoms with Crippen LogP contribution < -0.4 is 15.9 Å². The molecule has 2 fully saturated rings. The summed E-state index contributed by atoms with van der Waals surface area (Å²) in [5, 5.41) is 46.7. The Labute approximate surface area is 349 Å². The minimum Gasteiger partial charge on any atom is -0.336 e. The fraction of sp³-hybridized carbons (Fsp3) is 0.282. The van der Waals surface area contributed by atoms with Gasteiger partial charge in [-0.1, -0.05) is 57.8 Å². The molecule has 302 valence electrons. The number of rotatable bonds is 11. The van der Waals surface area contributed by atoms with Crippen LogP contribution in [0.3, 0.4) is 0 Å². The molecule has 6 heterocycles. The van der Waals surface area contributed by atoms with Gasteiger partial charge in [0, 0.05) is 73.5 Å². The quantitative estimate of drug-likeness (QED) is 0.108. The summed E-state index contributed by atoms with van der Waals surface area (Å²) in [7, 11) is 2.02. The number of nitriles is 2. The van der Waals surface area contributed by atoms with E-state index >= 15 is 0 Å². The fourth-order valence-electron chi connectivity index (χ4n) is 7.13. The molecule has 2 amide bonds. The third kappa shape index (κ3) is 8.59. The number of benzene rings is 2. The van der Waals surface area contributed by atoms with Crippen molar-refractivity contribution in [2.45, 2.75) is 34.0 Å². The van der Waals surface area contributed by atoms with Crippen LogP contribution in [-0.2, 0) is 11.5 Å². The monoisotopic (exact) mass is 842 g/mol. The van der Waals surface area contributed by atoms with Crippen LogP contribution in [0.25, 0.3) is 22.3 Å². The fourth-order valence-corrected chi connectivity index (χ4v) is 8.86. The van der Waals surface area contributed by atoms with Gasteiger partial charge in [-0.2, -0.15) is 15.7 Å². The standard InChI is InChI=1S/C39H35N15O4S2/c1-51-10-12-52(13-11-51)38(57)25-6-2-4-23(14-25)28-16-35(56)43-37(31(28)19-41)60-22-33-46-50-54(47-33)27-8-9-53(20-27)39(58)26-7-3-5-24(15-26)29-17-34(55)42-36(30(29)18-40)59-21-32-44-48-49-45-32/h2-7,14-17,27H,8-13,20-22H2,1H3,(H3,42,43,44,45,48,49,55,56)/p+1. The number of likely N-dealkylation sites (N-methyl/N-ethyl adjacent to an activating group) is 1. The number of amides is 2. The summed E-state index contributed by atoms with van der Waals surface area (Å²) in [6.45, 7) is 3.64. The number of hydrogen-bond donors (Lipinski definition) is 4. The van der Waals surface area contributed by atoms with Crippen molar-refractivity contribution in [2.24, 2.45) is 0 Å². The Kier molecular flexibility index (Phi) is 11.6. The molecule has 4 N–H and O–H groups in total. The van der Waals surface area contributed by atoms with Crippen molar-refractivity contribution in [3.8, 4) is 34.4 Å². The minimum absolute atomic E-state index is 0.0926. The highest BCUT2D eigenvalue weighted by Crippen LogP contribution is 2.32. The Balaban J connectivity index is 0.928. The van der Waals surface area contributed by atoms with Gasteiger partial charge in [-0.25, -0.2) is 0 Å². The second kappa shape index (κ2) is 17.5. The number of likely N-dealkylation sites (tertiary alicyclic amines) is 1. The molecule has 0 bridgehead atoms. The van der Waals surface area contributed by atoms with Gasteiger partial charge < -0.3 is 24.7 Å². The second-order valence-electron chi connectivity index (χ2n) is 14.2. The maximum absolute atomic E-state index is 13.8. The first-order valence-corrected chi connectivity index (χ1v) is 20.8. The average molecular weight is 843 g/mol. The van der Waals surface area contributed by atoms with E-state index in [1.54, 1.807) is 58.2 Å². The molecule has 21 heteroatoms. The van der Waals surface area contributed by atoms with Crippen LogP contribution in [0.5, 0.6) is 0 Å². The van der Waals surface area contributed by atoms with Gasteiger partial charge in [0.15, 0.2) is 11.9 Å². The van der Waals surface area contributed by atoms with Crippen LogP contribution >= 0.6 is 23.5 Å². The predicted octanol–water partition coefficient (Wildman–Crippen LogP) is 2.12. The molecule has 0 saturated carbocycles. The summed E-state index contributed by atoms with van der Waals surface area (Å²) >= 11 is 2.41. The predicted molar refractivity (Wildman–Crippen MR) is 217 cm³/mol. The van der Waals surface area contributed by atoms with E-state index in [1.807, 2.05) is 11.9 Å². The number of aromatic amines is 4. The number of aromatic nitrogens is 10. The topological polar surface area (TPSA) is 257 Å². The Morgan fingerprint density at radius 3 is 1.93 bits per heavy atom. The third-order valence-electron chi connectivity index (χ3n) is 10.3. The van der Waals surface area contributed by atoms with Gasteiger partial charge in [0.2, 0.25) is 11.1 Å². The highest BCUT2D eigenvalue weighted by Gasteiger charge is 2.34. The number of H-pyrrole nitrogens is 4. The molecule has 6 aromatic rings. The maximum atomic E-state index is 13.8. The van der Waals surface area contributed by atoms with E-state index < -0.39 is 11.1 Å². The number of nitrogens with one attached hydrogen (secondary N) is 4. The lowest BCUT2D eigenvalue weighted by atomic mass is 9.99. The van der Waals surface area contributed by atoms with Gasteiger partial charge in [-0.3, -0.25) is 19.2 Å². The van der Waals surface area contributed by atoms with Gasteiger partial charge in [0.25, 0.3) is 11.8 Å². The molecule has 0 radical (unpaired) electrons. The third-order valence-corrected chi connectivity index (χ3v) is 12.2. The highest BCUT2D eigenvalue weighted by atomic mass is 32.2. The van der Waals surface area contributed by atoms with Crippen molar-refractivity contribution in [1.82, 2.24) is 60.7 Å². The van der Waals surface area contributed by atoms with E-state index in [4.69, 9.17) is 0 Å². The van der Waals surface area contributed by atoms with Crippen LogP contribution in [0.15, 0.2) is 80.3 Å². The largest absolute Gasteiger partial charge is 0.336 e. The Morgan fingerprint density at radius 2 is 1.37 bits per heavy atom.